The van der Waals surface area contributed by atoms with Crippen LogP contribution < -0.4 is 69.3 Å². The second kappa shape index (κ2) is 7.32. The zero-order chi connectivity index (χ0) is 10.9. The smallest absolute Gasteiger partial charge is 0.545 e. The Balaban J connectivity index is 0. The summed E-state index contributed by atoms with van der Waals surface area (Å²) in [4.78, 5) is 20.9. The number of benzene rings is 1. The van der Waals surface area contributed by atoms with Crippen molar-refractivity contribution in [2.45, 2.75) is 6.92 Å². The maximum atomic E-state index is 10.5. The summed E-state index contributed by atoms with van der Waals surface area (Å²) in [6.45, 7) is 1.38. The van der Waals surface area contributed by atoms with Crippen LogP contribution in [0.2, 0.25) is 0 Å². The molecule has 0 saturated carbocycles. The largest absolute Gasteiger partial charge is 1.00 e. The summed E-state index contributed by atoms with van der Waals surface area (Å²) in [5.74, 6) is -3.63. The van der Waals surface area contributed by atoms with Gasteiger partial charge in [0.15, 0.2) is 0 Å². The summed E-state index contributed by atoms with van der Waals surface area (Å²) in [5.41, 5.74) is -0.713. The van der Waals surface area contributed by atoms with Crippen molar-refractivity contribution in [2.24, 2.45) is 0 Å². The van der Waals surface area contributed by atoms with Crippen LogP contribution in [-0.4, -0.2) is 17.0 Å². The van der Waals surface area contributed by atoms with E-state index in [4.69, 9.17) is 0 Å². The van der Waals surface area contributed by atoms with Gasteiger partial charge in [0.2, 0.25) is 0 Å². The van der Waals surface area contributed by atoms with Crippen LogP contribution >= 0.6 is 0 Å². The molecule has 1 aromatic carbocycles. The van der Waals surface area contributed by atoms with Crippen LogP contribution in [-0.2, 0) is 0 Å². The van der Waals surface area contributed by atoms with Crippen LogP contribution in [0.15, 0.2) is 12.1 Å². The third kappa shape index (κ3) is 4.08. The van der Waals surface area contributed by atoms with E-state index in [2.05, 4.69) is 0 Å². The van der Waals surface area contributed by atoms with E-state index in [-0.39, 0.29) is 70.2 Å². The van der Waals surface area contributed by atoms with Gasteiger partial charge in [-0.25, -0.2) is 0 Å². The second-order valence-corrected chi connectivity index (χ2v) is 2.76. The van der Waals surface area contributed by atoms with E-state index >= 15 is 0 Å². The monoisotopic (exact) mass is 240 g/mol. The minimum Gasteiger partial charge on any atom is -0.545 e. The number of hydrogen-bond acceptors (Lipinski definition) is 5. The first-order valence-electron chi connectivity index (χ1n) is 3.69. The molecule has 0 aliphatic heterocycles. The van der Waals surface area contributed by atoms with Gasteiger partial charge in [0.25, 0.3) is 0 Å². The molecule has 0 amide bonds. The molecule has 0 radical (unpaired) electrons. The van der Waals surface area contributed by atoms with Gasteiger partial charge in [-0.1, -0.05) is 0 Å². The average molecular weight is 240 g/mol. The van der Waals surface area contributed by atoms with Crippen LogP contribution in [0, 0.1) is 6.92 Å². The SMILES string of the molecule is Cc1cc(C(=O)[O-])cc(C(=O)[O-])c1O.[Na+].[Na+]. The van der Waals surface area contributed by atoms with Crippen LogP contribution in [0.25, 0.3) is 0 Å². The predicted octanol–water partition coefficient (Wildman–Crippen LogP) is -7.56. The maximum Gasteiger partial charge on any atom is 1.00 e. The zero-order valence-electron chi connectivity index (χ0n) is 9.23. The maximum absolute atomic E-state index is 10.5. The molecule has 0 heterocycles. The van der Waals surface area contributed by atoms with Gasteiger partial charge in [-0.05, 0) is 30.2 Å². The Morgan fingerprint density at radius 3 is 2.00 bits per heavy atom. The van der Waals surface area contributed by atoms with Crippen molar-refractivity contribution in [2.75, 3.05) is 0 Å². The van der Waals surface area contributed by atoms with Crippen molar-refractivity contribution in [1.29, 1.82) is 0 Å². The molecule has 0 unspecified atom stereocenters. The number of phenols is 1. The number of aryl methyl sites for hydroxylation is 1. The van der Waals surface area contributed by atoms with E-state index in [9.17, 15) is 24.9 Å². The summed E-state index contributed by atoms with van der Waals surface area (Å²) < 4.78 is 0. The number of hydrogen-bond donors (Lipinski definition) is 1. The molecule has 0 saturated heterocycles. The molecule has 0 spiro atoms. The number of carboxylic acid groups (broad SMARTS) is 2. The fourth-order valence-electron chi connectivity index (χ4n) is 1.05. The number of carboxylic acids is 2. The summed E-state index contributed by atoms with van der Waals surface area (Å²) in [7, 11) is 0. The van der Waals surface area contributed by atoms with E-state index in [0.29, 0.717) is 0 Å². The Labute approximate surface area is 136 Å². The Bertz CT molecular complexity index is 417. The topological polar surface area (TPSA) is 100 Å². The van der Waals surface area contributed by atoms with Gasteiger partial charge < -0.3 is 24.9 Å². The predicted molar refractivity (Wildman–Crippen MR) is 41.5 cm³/mol. The van der Waals surface area contributed by atoms with Crippen LogP contribution in [0.5, 0.6) is 5.75 Å². The van der Waals surface area contributed by atoms with Crippen molar-refractivity contribution in [3.8, 4) is 5.75 Å². The van der Waals surface area contributed by atoms with Crippen LogP contribution in [0.1, 0.15) is 26.3 Å². The van der Waals surface area contributed by atoms with Crippen LogP contribution in [0.3, 0.4) is 0 Å². The molecule has 16 heavy (non-hydrogen) atoms. The van der Waals surface area contributed by atoms with Crippen LogP contribution in [0.4, 0.5) is 0 Å². The van der Waals surface area contributed by atoms with Crippen molar-refractivity contribution in [3.63, 3.8) is 0 Å². The normalized spacial score (nSPS) is 8.56. The Hall–Kier alpha value is -0.0400. The number of aromatic hydroxyl groups is 1. The molecule has 0 aliphatic rings. The van der Waals surface area contributed by atoms with Gasteiger partial charge in [0.05, 0.1) is 11.9 Å². The van der Waals surface area contributed by atoms with Gasteiger partial charge >= 0.3 is 59.1 Å². The summed E-state index contributed by atoms with van der Waals surface area (Å²) in [6.07, 6.45) is 0. The van der Waals surface area contributed by atoms with E-state index in [1.54, 1.807) is 0 Å². The van der Waals surface area contributed by atoms with E-state index < -0.39 is 23.3 Å². The Morgan fingerprint density at radius 2 is 1.62 bits per heavy atom. The molecule has 0 fully saturated rings. The van der Waals surface area contributed by atoms with E-state index in [1.807, 2.05) is 0 Å². The third-order valence-electron chi connectivity index (χ3n) is 1.76. The molecule has 0 bridgehead atoms. The third-order valence-corrected chi connectivity index (χ3v) is 1.76. The average Bonchev–Trinajstić information content (AvgIpc) is 2.08. The Morgan fingerprint density at radius 1 is 1.12 bits per heavy atom. The minimum atomic E-state index is -1.63. The number of carbonyl (C=O) groups excluding carboxylic acids is 2. The standard InChI is InChI=1S/C9H8O5.2Na/c1-4-2-5(8(11)12)3-6(7(4)10)9(13)14;;/h2-3,10H,1H3,(H,11,12)(H,13,14);;/q;2*+1/p-2. The van der Waals surface area contributed by atoms with Gasteiger partial charge in [-0.15, -0.1) is 0 Å². The van der Waals surface area contributed by atoms with Crippen molar-refractivity contribution in [3.05, 3.63) is 28.8 Å². The molecule has 7 heteroatoms. The molecule has 1 N–H and O–H groups in total. The first-order valence-corrected chi connectivity index (χ1v) is 3.69. The van der Waals surface area contributed by atoms with Crippen molar-refractivity contribution in [1.82, 2.24) is 0 Å². The fourth-order valence-corrected chi connectivity index (χ4v) is 1.05. The van der Waals surface area contributed by atoms with E-state index in [0.717, 1.165) is 12.1 Å². The molecular weight excluding hydrogens is 234 g/mol. The summed E-state index contributed by atoms with van der Waals surface area (Å²) in [5, 5.41) is 30.1. The summed E-state index contributed by atoms with van der Waals surface area (Å²) in [6, 6.07) is 1.92. The molecule has 0 aromatic heterocycles. The number of aromatic carboxylic acids is 2. The molecule has 1 rings (SSSR count). The van der Waals surface area contributed by atoms with Gasteiger partial charge in [-0.3, -0.25) is 0 Å². The molecule has 74 valence electrons. The van der Waals surface area contributed by atoms with Crippen molar-refractivity contribution < 1.29 is 84.0 Å². The number of rotatable bonds is 2. The molecule has 0 aliphatic carbocycles. The molecule has 0 atom stereocenters. The quantitative estimate of drug-likeness (QED) is 0.517. The second-order valence-electron chi connectivity index (χ2n) is 2.76. The van der Waals surface area contributed by atoms with E-state index in [1.165, 1.54) is 6.92 Å². The van der Waals surface area contributed by atoms with Crippen molar-refractivity contribution >= 4 is 11.9 Å². The minimum absolute atomic E-state index is 0. The van der Waals surface area contributed by atoms with Gasteiger partial charge in [-0.2, -0.15) is 0 Å². The molecule has 5 nitrogen and oxygen atoms in total. The molecular formula is C9H6Na2O5. The zero-order valence-corrected chi connectivity index (χ0v) is 13.2. The molecule has 1 aromatic rings. The van der Waals surface area contributed by atoms with Gasteiger partial charge in [0.1, 0.15) is 5.75 Å². The number of carbonyl (C=O) groups is 2. The first kappa shape index (κ1) is 18.3. The fraction of sp³-hybridized carbons (Fsp3) is 0.111. The summed E-state index contributed by atoms with van der Waals surface area (Å²) >= 11 is 0. The Kier molecular flexibility index (Phi) is 8.38. The first-order chi connectivity index (χ1) is 6.43. The van der Waals surface area contributed by atoms with Gasteiger partial charge in [0, 0.05) is 5.56 Å².